The van der Waals surface area contributed by atoms with Crippen LogP contribution in [0.1, 0.15) is 37.4 Å². The van der Waals surface area contributed by atoms with E-state index in [1.807, 2.05) is 19.1 Å². The second kappa shape index (κ2) is 5.00. The van der Waals surface area contributed by atoms with E-state index in [4.69, 9.17) is 18.0 Å². The molecule has 0 amide bonds. The fourth-order valence-electron chi connectivity index (χ4n) is 2.37. The molecule has 1 aromatic heterocycles. The molecule has 1 aliphatic rings. The minimum Gasteiger partial charge on any atom is -0.389 e. The molecule has 92 valence electrons. The molecule has 0 aromatic carbocycles. The van der Waals surface area contributed by atoms with Crippen molar-refractivity contribution in [2.75, 3.05) is 11.4 Å². The fourth-order valence-corrected chi connectivity index (χ4v) is 2.53. The maximum Gasteiger partial charge on any atom is 0.139 e. The van der Waals surface area contributed by atoms with Gasteiger partial charge < -0.3 is 10.6 Å². The van der Waals surface area contributed by atoms with Crippen molar-refractivity contribution >= 4 is 23.0 Å². The van der Waals surface area contributed by atoms with Gasteiger partial charge in [0.15, 0.2) is 0 Å². The molecule has 1 saturated heterocycles. The van der Waals surface area contributed by atoms with Crippen molar-refractivity contribution in [2.24, 2.45) is 5.73 Å². The Hall–Kier alpha value is -1.16. The van der Waals surface area contributed by atoms with Crippen LogP contribution in [-0.4, -0.2) is 22.6 Å². The molecule has 0 saturated carbocycles. The number of hydrogen-bond acceptors (Lipinski definition) is 3. The number of nitrogens with zero attached hydrogens (tertiary/aromatic N) is 2. The highest BCUT2D eigenvalue weighted by Crippen LogP contribution is 2.26. The second-order valence-corrected chi connectivity index (χ2v) is 5.17. The summed E-state index contributed by atoms with van der Waals surface area (Å²) in [5, 5.41) is 0. The first kappa shape index (κ1) is 12.3. The van der Waals surface area contributed by atoms with Gasteiger partial charge in [0.2, 0.25) is 0 Å². The molecule has 0 bridgehead atoms. The van der Waals surface area contributed by atoms with Crippen molar-refractivity contribution in [3.63, 3.8) is 0 Å². The Balaban J connectivity index is 2.41. The van der Waals surface area contributed by atoms with Crippen LogP contribution in [0.5, 0.6) is 0 Å². The highest BCUT2D eigenvalue weighted by atomic mass is 32.1. The Morgan fingerprint density at radius 1 is 1.47 bits per heavy atom. The molecule has 2 N–H and O–H groups in total. The first-order chi connectivity index (χ1) is 8.09. The number of hydrogen-bond donors (Lipinski definition) is 1. The average Bonchev–Trinajstić information content (AvgIpc) is 2.29. The number of aromatic nitrogens is 1. The lowest BCUT2D eigenvalue weighted by Crippen LogP contribution is -2.39. The van der Waals surface area contributed by atoms with E-state index in [1.54, 1.807) is 0 Å². The number of rotatable bonds is 2. The smallest absolute Gasteiger partial charge is 0.139 e. The van der Waals surface area contributed by atoms with E-state index >= 15 is 0 Å². The topological polar surface area (TPSA) is 42.1 Å². The summed E-state index contributed by atoms with van der Waals surface area (Å²) in [6.07, 6.45) is 3.73. The lowest BCUT2D eigenvalue weighted by atomic mass is 10.0. The van der Waals surface area contributed by atoms with E-state index in [0.29, 0.717) is 11.0 Å². The molecule has 17 heavy (non-hydrogen) atoms. The van der Waals surface area contributed by atoms with Gasteiger partial charge in [-0.3, -0.25) is 0 Å². The van der Waals surface area contributed by atoms with Gasteiger partial charge in [-0.15, -0.1) is 0 Å². The third-order valence-corrected chi connectivity index (χ3v) is 3.57. The molecule has 2 heterocycles. The molecule has 0 radical (unpaired) electrons. The van der Waals surface area contributed by atoms with Crippen LogP contribution in [-0.2, 0) is 0 Å². The fraction of sp³-hybridized carbons (Fsp3) is 0.538. The second-order valence-electron chi connectivity index (χ2n) is 4.73. The largest absolute Gasteiger partial charge is 0.389 e. The molecule has 1 unspecified atom stereocenters. The summed E-state index contributed by atoms with van der Waals surface area (Å²) >= 11 is 5.11. The molecule has 0 spiro atoms. The van der Waals surface area contributed by atoms with Crippen LogP contribution in [0.4, 0.5) is 5.82 Å². The first-order valence-corrected chi connectivity index (χ1v) is 6.54. The normalized spacial score (nSPS) is 20.4. The molecule has 4 heteroatoms. The van der Waals surface area contributed by atoms with Crippen LogP contribution in [0.15, 0.2) is 12.1 Å². The number of thiocarbonyl (C=S) groups is 1. The van der Waals surface area contributed by atoms with E-state index in [9.17, 15) is 0 Å². The Morgan fingerprint density at radius 3 is 2.88 bits per heavy atom. The predicted molar refractivity (Wildman–Crippen MR) is 75.5 cm³/mol. The average molecular weight is 249 g/mol. The molecule has 2 rings (SSSR count). The van der Waals surface area contributed by atoms with Gasteiger partial charge in [0, 0.05) is 18.3 Å². The highest BCUT2D eigenvalue weighted by Gasteiger charge is 2.22. The van der Waals surface area contributed by atoms with Crippen molar-refractivity contribution < 1.29 is 0 Å². The van der Waals surface area contributed by atoms with Crippen molar-refractivity contribution in [3.8, 4) is 0 Å². The van der Waals surface area contributed by atoms with Crippen molar-refractivity contribution in [2.45, 2.75) is 39.2 Å². The van der Waals surface area contributed by atoms with Crippen molar-refractivity contribution in [1.29, 1.82) is 0 Å². The third-order valence-electron chi connectivity index (χ3n) is 3.35. The van der Waals surface area contributed by atoms with Gasteiger partial charge in [-0.25, -0.2) is 4.98 Å². The summed E-state index contributed by atoms with van der Waals surface area (Å²) in [4.78, 5) is 7.40. The van der Waals surface area contributed by atoms with Gasteiger partial charge in [-0.05, 0) is 45.2 Å². The summed E-state index contributed by atoms with van der Waals surface area (Å²) in [5.41, 5.74) is 7.70. The van der Waals surface area contributed by atoms with Gasteiger partial charge >= 0.3 is 0 Å². The maximum atomic E-state index is 5.78. The van der Waals surface area contributed by atoms with E-state index in [1.165, 1.54) is 19.3 Å². The molecule has 0 aliphatic carbocycles. The Bertz CT molecular complexity index is 431. The highest BCUT2D eigenvalue weighted by molar-refractivity contribution is 7.80. The third kappa shape index (κ3) is 2.57. The standard InChI is InChI=1S/C13H19N3S/c1-9-6-7-11(12(14)17)13(15-9)16-8-4-3-5-10(16)2/h6-7,10H,3-5,8H2,1-2H3,(H2,14,17). The van der Waals surface area contributed by atoms with E-state index < -0.39 is 0 Å². The zero-order valence-electron chi connectivity index (χ0n) is 10.4. The molecule has 1 fully saturated rings. The molecular weight excluding hydrogens is 230 g/mol. The van der Waals surface area contributed by atoms with Crippen LogP contribution < -0.4 is 10.6 Å². The molecule has 3 nitrogen and oxygen atoms in total. The van der Waals surface area contributed by atoms with Gasteiger partial charge in [-0.2, -0.15) is 0 Å². The number of aryl methyl sites for hydroxylation is 1. The Morgan fingerprint density at radius 2 is 2.24 bits per heavy atom. The maximum absolute atomic E-state index is 5.78. The van der Waals surface area contributed by atoms with Crippen molar-refractivity contribution in [1.82, 2.24) is 4.98 Å². The van der Waals surface area contributed by atoms with Crippen LogP contribution in [0.3, 0.4) is 0 Å². The van der Waals surface area contributed by atoms with Crippen molar-refractivity contribution in [3.05, 3.63) is 23.4 Å². The van der Waals surface area contributed by atoms with Gasteiger partial charge in [0.25, 0.3) is 0 Å². The van der Waals surface area contributed by atoms with Gasteiger partial charge in [0.1, 0.15) is 10.8 Å². The Kier molecular flexibility index (Phi) is 3.62. The summed E-state index contributed by atoms with van der Waals surface area (Å²) in [6.45, 7) is 5.29. The summed E-state index contributed by atoms with van der Waals surface area (Å²) in [6, 6.07) is 4.47. The zero-order chi connectivity index (χ0) is 12.4. The van der Waals surface area contributed by atoms with Gasteiger partial charge in [-0.1, -0.05) is 12.2 Å². The quantitative estimate of drug-likeness (QED) is 0.817. The summed E-state index contributed by atoms with van der Waals surface area (Å²) < 4.78 is 0. The summed E-state index contributed by atoms with van der Waals surface area (Å²) in [7, 11) is 0. The SMILES string of the molecule is Cc1ccc(C(N)=S)c(N2CCCCC2C)n1. The molecular formula is C13H19N3S. The number of anilines is 1. The zero-order valence-corrected chi connectivity index (χ0v) is 11.3. The van der Waals surface area contributed by atoms with E-state index in [2.05, 4.69) is 16.8 Å². The number of piperidine rings is 1. The van der Waals surface area contributed by atoms with Crippen LogP contribution >= 0.6 is 12.2 Å². The Labute approximate surface area is 108 Å². The lowest BCUT2D eigenvalue weighted by molar-refractivity contribution is 0.481. The minimum absolute atomic E-state index is 0.435. The minimum atomic E-state index is 0.435. The molecule has 1 atom stereocenters. The number of pyridine rings is 1. The van der Waals surface area contributed by atoms with Gasteiger partial charge in [0.05, 0.1) is 5.56 Å². The summed E-state index contributed by atoms with van der Waals surface area (Å²) in [5.74, 6) is 0.963. The molecule has 1 aliphatic heterocycles. The first-order valence-electron chi connectivity index (χ1n) is 6.13. The monoisotopic (exact) mass is 249 g/mol. The number of nitrogens with two attached hydrogens (primary N) is 1. The van der Waals surface area contributed by atoms with Crippen LogP contribution in [0.2, 0.25) is 0 Å². The molecule has 1 aromatic rings. The van der Waals surface area contributed by atoms with Crippen LogP contribution in [0.25, 0.3) is 0 Å². The van der Waals surface area contributed by atoms with Crippen LogP contribution in [0, 0.1) is 6.92 Å². The predicted octanol–water partition coefficient (Wildman–Crippen LogP) is 2.40. The lowest BCUT2D eigenvalue weighted by Gasteiger charge is -2.35. The van der Waals surface area contributed by atoms with E-state index in [-0.39, 0.29) is 0 Å². The van der Waals surface area contributed by atoms with E-state index in [0.717, 1.165) is 23.6 Å².